The zero-order valence-electron chi connectivity index (χ0n) is 8.72. The largest absolute Gasteiger partial charge is 0.453 e. The predicted octanol–water partition coefficient (Wildman–Crippen LogP) is 3.13. The van der Waals surface area contributed by atoms with E-state index in [0.717, 1.165) is 5.39 Å². The first kappa shape index (κ1) is 10.1. The molecule has 0 amide bonds. The topological polar surface area (TPSA) is 64.9 Å². The number of hydrogen-bond donors (Lipinski definition) is 1. The normalized spacial score (nSPS) is 10.9. The highest BCUT2D eigenvalue weighted by atomic mass is 35.5. The lowest BCUT2D eigenvalue weighted by atomic mass is 10.2. The van der Waals surface area contributed by atoms with Crippen LogP contribution in [0.1, 0.15) is 0 Å². The molecule has 0 saturated carbocycles. The maximum Gasteiger partial charge on any atom is 0.155 e. The number of nitrogens with zero attached hydrogens (tertiary/aromatic N) is 2. The number of aromatic nitrogens is 2. The second-order valence-electron chi connectivity index (χ2n) is 3.60. The Balaban J connectivity index is 2.18. The van der Waals surface area contributed by atoms with Crippen LogP contribution in [0.5, 0.6) is 0 Å². The zero-order valence-corrected chi connectivity index (χ0v) is 9.48. The van der Waals surface area contributed by atoms with Crippen molar-refractivity contribution in [3.8, 4) is 11.5 Å². The van der Waals surface area contributed by atoms with Gasteiger partial charge in [-0.25, -0.2) is 9.97 Å². The molecule has 4 nitrogen and oxygen atoms in total. The summed E-state index contributed by atoms with van der Waals surface area (Å²) < 4.78 is 5.65. The van der Waals surface area contributed by atoms with Crippen LogP contribution in [0, 0.1) is 0 Å². The van der Waals surface area contributed by atoms with Gasteiger partial charge in [-0.3, -0.25) is 0 Å². The highest BCUT2D eigenvalue weighted by molar-refractivity contribution is 6.34. The van der Waals surface area contributed by atoms with E-state index in [4.69, 9.17) is 21.8 Å². The minimum atomic E-state index is 0.378. The van der Waals surface area contributed by atoms with E-state index in [2.05, 4.69) is 9.97 Å². The number of hydrogen-bond acceptors (Lipinski definition) is 4. The Kier molecular flexibility index (Phi) is 2.23. The Bertz CT molecular complexity index is 676. The van der Waals surface area contributed by atoms with E-state index in [9.17, 15) is 0 Å². The molecule has 0 aliphatic heterocycles. The average molecular weight is 246 g/mol. The van der Waals surface area contributed by atoms with Gasteiger partial charge < -0.3 is 10.2 Å². The van der Waals surface area contributed by atoms with Crippen molar-refractivity contribution in [3.05, 3.63) is 41.7 Å². The highest BCUT2D eigenvalue weighted by Crippen LogP contribution is 2.30. The molecule has 0 radical (unpaired) electrons. The fraction of sp³-hybridized carbons (Fsp3) is 0. The van der Waals surface area contributed by atoms with Gasteiger partial charge in [-0.15, -0.1) is 0 Å². The summed E-state index contributed by atoms with van der Waals surface area (Å²) in [7, 11) is 0. The van der Waals surface area contributed by atoms with Gasteiger partial charge in [-0.05, 0) is 12.1 Å². The standard InChI is InChI=1S/C12H8ClN3O/c13-8-3-1-2-7-4-10(17-12(7)8)9-5-16-11(14)6-15-9/h1-6H,(H2,14,16). The Hall–Kier alpha value is -2.07. The molecule has 0 spiro atoms. The summed E-state index contributed by atoms with van der Waals surface area (Å²) in [6, 6.07) is 7.46. The fourth-order valence-electron chi connectivity index (χ4n) is 1.62. The number of halogens is 1. The number of rotatable bonds is 1. The van der Waals surface area contributed by atoms with Crippen LogP contribution in [0.25, 0.3) is 22.4 Å². The molecule has 0 bridgehead atoms. The van der Waals surface area contributed by atoms with Gasteiger partial charge in [0.1, 0.15) is 11.5 Å². The molecule has 5 heteroatoms. The summed E-state index contributed by atoms with van der Waals surface area (Å²) >= 11 is 6.03. The minimum absolute atomic E-state index is 0.378. The van der Waals surface area contributed by atoms with E-state index in [1.54, 1.807) is 12.3 Å². The molecule has 84 valence electrons. The SMILES string of the molecule is Nc1cnc(-c2cc3cccc(Cl)c3o2)cn1. The molecular weight excluding hydrogens is 238 g/mol. The third kappa shape index (κ3) is 1.72. The number of benzene rings is 1. The zero-order chi connectivity index (χ0) is 11.8. The van der Waals surface area contributed by atoms with E-state index in [1.165, 1.54) is 6.20 Å². The van der Waals surface area contributed by atoms with E-state index >= 15 is 0 Å². The number of nitrogen functional groups attached to an aromatic ring is 1. The average Bonchev–Trinajstić information content (AvgIpc) is 2.75. The second-order valence-corrected chi connectivity index (χ2v) is 4.00. The Morgan fingerprint density at radius 2 is 2.06 bits per heavy atom. The van der Waals surface area contributed by atoms with Gasteiger partial charge in [0.2, 0.25) is 0 Å². The molecule has 17 heavy (non-hydrogen) atoms. The monoisotopic (exact) mass is 245 g/mol. The van der Waals surface area contributed by atoms with Gasteiger partial charge in [0.25, 0.3) is 0 Å². The van der Waals surface area contributed by atoms with Crippen LogP contribution < -0.4 is 5.73 Å². The number of para-hydroxylation sites is 1. The van der Waals surface area contributed by atoms with Gasteiger partial charge in [-0.2, -0.15) is 0 Å². The van der Waals surface area contributed by atoms with Crippen molar-refractivity contribution in [3.63, 3.8) is 0 Å². The van der Waals surface area contributed by atoms with Crippen LogP contribution in [0.4, 0.5) is 5.82 Å². The lowest BCUT2D eigenvalue weighted by Gasteiger charge is -1.95. The number of anilines is 1. The van der Waals surface area contributed by atoms with Crippen molar-refractivity contribution < 1.29 is 4.42 Å². The quantitative estimate of drug-likeness (QED) is 0.715. The predicted molar refractivity (Wildman–Crippen MR) is 66.7 cm³/mol. The highest BCUT2D eigenvalue weighted by Gasteiger charge is 2.09. The van der Waals surface area contributed by atoms with Crippen molar-refractivity contribution in [1.29, 1.82) is 0 Å². The van der Waals surface area contributed by atoms with Gasteiger partial charge in [-0.1, -0.05) is 23.7 Å². The maximum absolute atomic E-state index is 6.03. The molecule has 2 heterocycles. The summed E-state index contributed by atoms with van der Waals surface area (Å²) in [6.45, 7) is 0. The first-order valence-electron chi connectivity index (χ1n) is 5.00. The third-order valence-electron chi connectivity index (χ3n) is 2.42. The number of nitrogens with two attached hydrogens (primary N) is 1. The van der Waals surface area contributed by atoms with Crippen LogP contribution in [0.2, 0.25) is 5.02 Å². The second kappa shape index (κ2) is 3.75. The molecule has 3 rings (SSSR count). The maximum atomic E-state index is 6.03. The first-order chi connectivity index (χ1) is 8.24. The summed E-state index contributed by atoms with van der Waals surface area (Å²) in [6.07, 6.45) is 3.06. The van der Waals surface area contributed by atoms with Crippen molar-refractivity contribution in [2.45, 2.75) is 0 Å². The molecule has 0 aliphatic carbocycles. The van der Waals surface area contributed by atoms with Crippen LogP contribution >= 0.6 is 11.6 Å². The van der Waals surface area contributed by atoms with Crippen molar-refractivity contribution >= 4 is 28.4 Å². The molecule has 0 fully saturated rings. The van der Waals surface area contributed by atoms with E-state index in [1.807, 2.05) is 18.2 Å². The molecule has 0 atom stereocenters. The van der Waals surface area contributed by atoms with Gasteiger partial charge in [0, 0.05) is 5.39 Å². The third-order valence-corrected chi connectivity index (χ3v) is 2.72. The summed E-state index contributed by atoms with van der Waals surface area (Å²) in [5.74, 6) is 1.00. The minimum Gasteiger partial charge on any atom is -0.453 e. The Morgan fingerprint density at radius 3 is 2.76 bits per heavy atom. The van der Waals surface area contributed by atoms with Gasteiger partial charge in [0.05, 0.1) is 17.4 Å². The fourth-order valence-corrected chi connectivity index (χ4v) is 1.84. The first-order valence-corrected chi connectivity index (χ1v) is 5.38. The molecule has 3 aromatic rings. The van der Waals surface area contributed by atoms with Gasteiger partial charge >= 0.3 is 0 Å². The van der Waals surface area contributed by atoms with Gasteiger partial charge in [0.15, 0.2) is 11.3 Å². The number of furan rings is 1. The van der Waals surface area contributed by atoms with Crippen molar-refractivity contribution in [2.75, 3.05) is 5.73 Å². The summed E-state index contributed by atoms with van der Waals surface area (Å²) in [5, 5.41) is 1.52. The van der Waals surface area contributed by atoms with Crippen LogP contribution in [-0.2, 0) is 0 Å². The van der Waals surface area contributed by atoms with Crippen LogP contribution in [-0.4, -0.2) is 9.97 Å². The Labute approximate surface area is 102 Å². The summed E-state index contributed by atoms with van der Waals surface area (Å²) in [5.41, 5.74) is 6.76. The van der Waals surface area contributed by atoms with E-state index < -0.39 is 0 Å². The van der Waals surface area contributed by atoms with Crippen LogP contribution in [0.3, 0.4) is 0 Å². The van der Waals surface area contributed by atoms with E-state index in [-0.39, 0.29) is 0 Å². The molecule has 0 saturated heterocycles. The molecule has 0 unspecified atom stereocenters. The summed E-state index contributed by atoms with van der Waals surface area (Å²) in [4.78, 5) is 8.12. The van der Waals surface area contributed by atoms with Crippen LogP contribution in [0.15, 0.2) is 41.1 Å². The number of fused-ring (bicyclic) bond motifs is 1. The molecule has 1 aromatic carbocycles. The lowest BCUT2D eigenvalue weighted by molar-refractivity contribution is 0.628. The molecule has 0 aliphatic rings. The van der Waals surface area contributed by atoms with E-state index in [0.29, 0.717) is 27.9 Å². The van der Waals surface area contributed by atoms with Crippen molar-refractivity contribution in [1.82, 2.24) is 9.97 Å². The Morgan fingerprint density at radius 1 is 1.18 bits per heavy atom. The lowest BCUT2D eigenvalue weighted by Crippen LogP contribution is -1.91. The molecule has 2 N–H and O–H groups in total. The molecule has 2 aromatic heterocycles. The van der Waals surface area contributed by atoms with Crippen molar-refractivity contribution in [2.24, 2.45) is 0 Å². The smallest absolute Gasteiger partial charge is 0.155 e. The molecular formula is C12H8ClN3O.